The van der Waals surface area contributed by atoms with Crippen LogP contribution in [0.2, 0.25) is 0 Å². The minimum absolute atomic E-state index is 0.113. The Morgan fingerprint density at radius 1 is 1.53 bits per heavy atom. The van der Waals surface area contributed by atoms with Gasteiger partial charge in [0.05, 0.1) is 0 Å². The second-order valence-corrected chi connectivity index (χ2v) is 5.89. The van der Waals surface area contributed by atoms with E-state index < -0.39 is 6.04 Å². The van der Waals surface area contributed by atoms with Crippen molar-refractivity contribution in [3.63, 3.8) is 0 Å². The highest BCUT2D eigenvalue weighted by Crippen LogP contribution is 2.32. The lowest BCUT2D eigenvalue weighted by molar-refractivity contribution is -0.151. The summed E-state index contributed by atoms with van der Waals surface area (Å²) in [5, 5.41) is 0. The predicted molar refractivity (Wildman–Crippen MR) is 79.2 cm³/mol. The molecule has 1 aliphatic carbocycles. The van der Waals surface area contributed by atoms with Crippen molar-refractivity contribution in [1.29, 1.82) is 0 Å². The van der Waals surface area contributed by atoms with Gasteiger partial charge in [-0.25, -0.2) is 0 Å². The topological polar surface area (TPSA) is 52.3 Å². The van der Waals surface area contributed by atoms with Crippen molar-refractivity contribution in [1.82, 2.24) is 0 Å². The number of esters is 1. The average molecular weight is 279 g/mol. The Bertz CT molecular complexity index is 436. The fraction of sp³-hybridized carbons (Fsp3) is 0.533. The maximum absolute atomic E-state index is 12.0. The van der Waals surface area contributed by atoms with E-state index >= 15 is 0 Å². The van der Waals surface area contributed by atoms with Crippen molar-refractivity contribution in [3.05, 3.63) is 35.4 Å². The molecule has 2 unspecified atom stereocenters. The normalized spacial score (nSPS) is 19.6. The molecule has 0 fully saturated rings. The van der Waals surface area contributed by atoms with Crippen LogP contribution >= 0.6 is 11.8 Å². The Hall–Kier alpha value is -1.00. The molecule has 2 N–H and O–H groups in total. The van der Waals surface area contributed by atoms with Crippen LogP contribution in [0.1, 0.15) is 36.5 Å². The highest BCUT2D eigenvalue weighted by atomic mass is 32.2. The number of carbonyl (C=O) groups is 1. The van der Waals surface area contributed by atoms with Gasteiger partial charge in [0.15, 0.2) is 0 Å². The summed E-state index contributed by atoms with van der Waals surface area (Å²) in [6.45, 7) is 0. The summed E-state index contributed by atoms with van der Waals surface area (Å²) in [6, 6.07) is 7.70. The highest BCUT2D eigenvalue weighted by molar-refractivity contribution is 7.98. The van der Waals surface area contributed by atoms with Crippen LogP contribution < -0.4 is 5.73 Å². The zero-order chi connectivity index (χ0) is 13.7. The quantitative estimate of drug-likeness (QED) is 0.842. The van der Waals surface area contributed by atoms with Crippen molar-refractivity contribution >= 4 is 17.7 Å². The molecule has 0 saturated carbocycles. The van der Waals surface area contributed by atoms with Crippen LogP contribution in [0.15, 0.2) is 24.3 Å². The van der Waals surface area contributed by atoms with E-state index in [0.29, 0.717) is 6.42 Å². The molecule has 2 atom stereocenters. The van der Waals surface area contributed by atoms with E-state index in [0.717, 1.165) is 30.6 Å². The molecule has 0 radical (unpaired) electrons. The van der Waals surface area contributed by atoms with Gasteiger partial charge in [0.2, 0.25) is 0 Å². The molecule has 0 saturated heterocycles. The molecule has 4 heteroatoms. The Kier molecular flexibility index (Phi) is 5.28. The fourth-order valence-electron chi connectivity index (χ4n) is 2.42. The van der Waals surface area contributed by atoms with Gasteiger partial charge in [-0.1, -0.05) is 24.3 Å². The second-order valence-electron chi connectivity index (χ2n) is 4.90. The number of nitrogens with two attached hydrogens (primary N) is 1. The van der Waals surface area contributed by atoms with Gasteiger partial charge in [0.25, 0.3) is 0 Å². The predicted octanol–water partition coefficient (Wildman–Crippen LogP) is 2.69. The zero-order valence-electron chi connectivity index (χ0n) is 11.3. The molecule has 104 valence electrons. The van der Waals surface area contributed by atoms with Gasteiger partial charge in [-0.2, -0.15) is 11.8 Å². The molecule has 1 aromatic rings. The molecule has 2 rings (SSSR count). The van der Waals surface area contributed by atoms with Crippen LogP contribution in [0.5, 0.6) is 0 Å². The standard InChI is InChI=1S/C15H21NO2S/c1-19-10-9-13(16)15(17)18-14-8-4-6-11-5-2-3-7-12(11)14/h2-3,5,7,13-14H,4,6,8-10,16H2,1H3. The van der Waals surface area contributed by atoms with Gasteiger partial charge in [-0.3, -0.25) is 4.79 Å². The van der Waals surface area contributed by atoms with Gasteiger partial charge >= 0.3 is 5.97 Å². The monoisotopic (exact) mass is 279 g/mol. The molecule has 1 aromatic carbocycles. The maximum Gasteiger partial charge on any atom is 0.323 e. The minimum atomic E-state index is -0.499. The third-order valence-corrected chi connectivity index (χ3v) is 4.15. The van der Waals surface area contributed by atoms with E-state index in [9.17, 15) is 4.79 Å². The summed E-state index contributed by atoms with van der Waals surface area (Å²) in [6.07, 6.45) is 5.61. The molecular weight excluding hydrogens is 258 g/mol. The number of ether oxygens (including phenoxy) is 1. The first-order valence-corrected chi connectivity index (χ1v) is 8.14. The van der Waals surface area contributed by atoms with E-state index in [1.165, 1.54) is 5.56 Å². The Morgan fingerprint density at radius 2 is 2.32 bits per heavy atom. The largest absolute Gasteiger partial charge is 0.456 e. The van der Waals surface area contributed by atoms with Gasteiger partial charge in [0, 0.05) is 0 Å². The zero-order valence-corrected chi connectivity index (χ0v) is 12.1. The fourth-order valence-corrected chi connectivity index (χ4v) is 2.91. The van der Waals surface area contributed by atoms with Crippen LogP contribution in [-0.2, 0) is 16.0 Å². The number of benzene rings is 1. The lowest BCUT2D eigenvalue weighted by Crippen LogP contribution is -2.34. The molecule has 0 aromatic heterocycles. The van der Waals surface area contributed by atoms with Crippen LogP contribution in [0, 0.1) is 0 Å². The molecule has 0 spiro atoms. The minimum Gasteiger partial charge on any atom is -0.456 e. The number of rotatable bonds is 5. The number of aryl methyl sites for hydroxylation is 1. The lowest BCUT2D eigenvalue weighted by Gasteiger charge is -2.26. The summed E-state index contributed by atoms with van der Waals surface area (Å²) in [5.41, 5.74) is 8.30. The molecule has 3 nitrogen and oxygen atoms in total. The first-order chi connectivity index (χ1) is 9.22. The van der Waals surface area contributed by atoms with Crippen LogP contribution in [0.3, 0.4) is 0 Å². The van der Waals surface area contributed by atoms with E-state index in [1.54, 1.807) is 11.8 Å². The summed E-state index contributed by atoms with van der Waals surface area (Å²) in [4.78, 5) is 12.0. The number of hydrogen-bond acceptors (Lipinski definition) is 4. The third-order valence-electron chi connectivity index (χ3n) is 3.51. The van der Waals surface area contributed by atoms with Crippen molar-refractivity contribution in [2.24, 2.45) is 5.73 Å². The van der Waals surface area contributed by atoms with E-state index in [1.807, 2.05) is 18.4 Å². The van der Waals surface area contributed by atoms with Crippen LogP contribution in [0.25, 0.3) is 0 Å². The number of fused-ring (bicyclic) bond motifs is 1. The van der Waals surface area contributed by atoms with Gasteiger partial charge in [-0.15, -0.1) is 0 Å². The van der Waals surface area contributed by atoms with Gasteiger partial charge in [0.1, 0.15) is 12.1 Å². The second kappa shape index (κ2) is 6.96. The average Bonchev–Trinajstić information content (AvgIpc) is 2.45. The van der Waals surface area contributed by atoms with Crippen molar-refractivity contribution < 1.29 is 9.53 Å². The van der Waals surface area contributed by atoms with Crippen LogP contribution in [-0.4, -0.2) is 24.0 Å². The first kappa shape index (κ1) is 14.4. The maximum atomic E-state index is 12.0. The summed E-state index contributed by atoms with van der Waals surface area (Å²) in [7, 11) is 0. The summed E-state index contributed by atoms with van der Waals surface area (Å²) in [5.74, 6) is 0.619. The molecule has 0 aliphatic heterocycles. The Balaban J connectivity index is 1.98. The number of thioether (sulfide) groups is 1. The molecule has 1 aliphatic rings. The van der Waals surface area contributed by atoms with Crippen molar-refractivity contribution in [3.8, 4) is 0 Å². The van der Waals surface area contributed by atoms with E-state index in [2.05, 4.69) is 12.1 Å². The molecule has 0 bridgehead atoms. The van der Waals surface area contributed by atoms with Gasteiger partial charge < -0.3 is 10.5 Å². The number of carbonyl (C=O) groups excluding carboxylic acids is 1. The Labute approximate surface area is 118 Å². The third kappa shape index (κ3) is 3.74. The molecular formula is C15H21NO2S. The molecule has 0 heterocycles. The smallest absolute Gasteiger partial charge is 0.323 e. The SMILES string of the molecule is CSCCC(N)C(=O)OC1CCCc2ccccc21. The van der Waals surface area contributed by atoms with Crippen LogP contribution in [0.4, 0.5) is 0 Å². The van der Waals surface area contributed by atoms with Gasteiger partial charge in [-0.05, 0) is 48.8 Å². The highest BCUT2D eigenvalue weighted by Gasteiger charge is 2.25. The van der Waals surface area contributed by atoms with E-state index in [4.69, 9.17) is 10.5 Å². The van der Waals surface area contributed by atoms with Crippen molar-refractivity contribution in [2.75, 3.05) is 12.0 Å². The summed E-state index contributed by atoms with van der Waals surface area (Å²) < 4.78 is 5.60. The summed E-state index contributed by atoms with van der Waals surface area (Å²) >= 11 is 1.69. The first-order valence-electron chi connectivity index (χ1n) is 6.75. The molecule has 19 heavy (non-hydrogen) atoms. The van der Waals surface area contributed by atoms with E-state index in [-0.39, 0.29) is 12.1 Å². The molecule has 0 amide bonds. The number of hydrogen-bond donors (Lipinski definition) is 1. The van der Waals surface area contributed by atoms with Crippen molar-refractivity contribution in [2.45, 2.75) is 37.8 Å². The Morgan fingerprint density at radius 3 is 3.11 bits per heavy atom. The lowest BCUT2D eigenvalue weighted by atomic mass is 9.89.